The molecule has 0 spiro atoms. The zero-order chi connectivity index (χ0) is 13.9. The number of rotatable bonds is 4. The van der Waals surface area contributed by atoms with Crippen LogP contribution in [0.2, 0.25) is 0 Å². The minimum absolute atomic E-state index is 0.366. The molecule has 0 unspecified atom stereocenters. The Labute approximate surface area is 115 Å². The lowest BCUT2D eigenvalue weighted by Crippen LogP contribution is -1.91. The highest BCUT2D eigenvalue weighted by molar-refractivity contribution is 5.44. The summed E-state index contributed by atoms with van der Waals surface area (Å²) in [7, 11) is 1.64. The summed E-state index contributed by atoms with van der Waals surface area (Å²) < 4.78 is 15.4. The van der Waals surface area contributed by atoms with E-state index in [1.54, 1.807) is 14.0 Å². The lowest BCUT2D eigenvalue weighted by atomic mass is 10.1. The Balaban J connectivity index is 1.76. The number of hydrogen-bond donors (Lipinski definition) is 0. The van der Waals surface area contributed by atoms with Gasteiger partial charge in [-0.05, 0) is 17.7 Å². The van der Waals surface area contributed by atoms with E-state index in [2.05, 4.69) is 15.1 Å². The van der Waals surface area contributed by atoms with Gasteiger partial charge in [0.05, 0.1) is 7.11 Å². The number of methoxy groups -OCH3 is 1. The fourth-order valence-corrected chi connectivity index (χ4v) is 1.82. The Morgan fingerprint density at radius 3 is 2.60 bits per heavy atom. The van der Waals surface area contributed by atoms with Gasteiger partial charge in [-0.3, -0.25) is 0 Å². The van der Waals surface area contributed by atoms with Crippen molar-refractivity contribution in [3.05, 3.63) is 47.8 Å². The summed E-state index contributed by atoms with van der Waals surface area (Å²) in [5, 5.41) is 3.94. The molecule has 0 aliphatic rings. The number of ether oxygens (including phenoxy) is 1. The van der Waals surface area contributed by atoms with Gasteiger partial charge in [-0.15, -0.1) is 0 Å². The maximum Gasteiger partial charge on any atom is 0.279 e. The lowest BCUT2D eigenvalue weighted by molar-refractivity contribution is 0.414. The Morgan fingerprint density at radius 2 is 1.95 bits per heavy atom. The van der Waals surface area contributed by atoms with Crippen molar-refractivity contribution in [1.29, 1.82) is 0 Å². The summed E-state index contributed by atoms with van der Waals surface area (Å²) in [5.74, 6) is 2.35. The molecule has 0 saturated heterocycles. The third kappa shape index (κ3) is 2.54. The van der Waals surface area contributed by atoms with Crippen LogP contribution in [-0.2, 0) is 6.42 Å². The Morgan fingerprint density at radius 1 is 1.15 bits per heavy atom. The molecule has 0 amide bonds. The van der Waals surface area contributed by atoms with Gasteiger partial charge in [-0.25, -0.2) is 4.98 Å². The third-order valence-electron chi connectivity index (χ3n) is 2.83. The molecule has 0 N–H and O–H groups in total. The average Bonchev–Trinajstić information content (AvgIpc) is 3.09. The minimum Gasteiger partial charge on any atom is -0.497 e. The van der Waals surface area contributed by atoms with Gasteiger partial charge in [-0.2, -0.15) is 4.98 Å². The minimum atomic E-state index is 0.366. The second kappa shape index (κ2) is 5.16. The highest BCUT2D eigenvalue weighted by Gasteiger charge is 2.12. The number of aromatic nitrogens is 3. The fraction of sp³-hybridized carbons (Fsp3) is 0.214. The van der Waals surface area contributed by atoms with Crippen LogP contribution in [0.4, 0.5) is 0 Å². The molecule has 0 saturated carbocycles. The van der Waals surface area contributed by atoms with E-state index in [4.69, 9.17) is 13.7 Å². The van der Waals surface area contributed by atoms with Gasteiger partial charge in [0.1, 0.15) is 12.0 Å². The van der Waals surface area contributed by atoms with Crippen molar-refractivity contribution >= 4 is 0 Å². The molecule has 2 heterocycles. The Bertz CT molecular complexity index is 701. The molecule has 2 aromatic heterocycles. The zero-order valence-electron chi connectivity index (χ0n) is 11.2. The standard InChI is InChI=1S/C14H13N3O3/c1-9-15-12(8-19-9)14-16-13(17-20-14)7-10-3-5-11(18-2)6-4-10/h3-6,8H,7H2,1-2H3. The molecule has 6 heteroatoms. The van der Waals surface area contributed by atoms with Crippen molar-refractivity contribution in [2.45, 2.75) is 13.3 Å². The van der Waals surface area contributed by atoms with Gasteiger partial charge < -0.3 is 13.7 Å². The number of oxazole rings is 1. The number of benzene rings is 1. The number of hydrogen-bond acceptors (Lipinski definition) is 6. The second-order valence-electron chi connectivity index (χ2n) is 4.29. The highest BCUT2D eigenvalue weighted by Crippen LogP contribution is 2.18. The van der Waals surface area contributed by atoms with E-state index in [-0.39, 0.29) is 0 Å². The summed E-state index contributed by atoms with van der Waals surface area (Å²) in [4.78, 5) is 8.44. The molecule has 0 aliphatic carbocycles. The first kappa shape index (κ1) is 12.4. The van der Waals surface area contributed by atoms with Crippen molar-refractivity contribution in [1.82, 2.24) is 15.1 Å². The van der Waals surface area contributed by atoms with Crippen LogP contribution in [0, 0.1) is 6.92 Å². The zero-order valence-corrected chi connectivity index (χ0v) is 11.2. The fourth-order valence-electron chi connectivity index (χ4n) is 1.82. The maximum absolute atomic E-state index is 5.17. The first-order chi connectivity index (χ1) is 9.74. The summed E-state index contributed by atoms with van der Waals surface area (Å²) in [6.07, 6.45) is 2.09. The van der Waals surface area contributed by atoms with E-state index in [0.29, 0.717) is 29.7 Å². The molecule has 3 aromatic rings. The molecule has 3 rings (SSSR count). The van der Waals surface area contributed by atoms with Gasteiger partial charge in [-0.1, -0.05) is 17.3 Å². The highest BCUT2D eigenvalue weighted by atomic mass is 16.5. The smallest absolute Gasteiger partial charge is 0.279 e. The molecular weight excluding hydrogens is 258 g/mol. The largest absolute Gasteiger partial charge is 0.497 e. The van der Waals surface area contributed by atoms with Crippen LogP contribution in [0.3, 0.4) is 0 Å². The quantitative estimate of drug-likeness (QED) is 0.726. The molecule has 0 bridgehead atoms. The van der Waals surface area contributed by atoms with Gasteiger partial charge in [0.25, 0.3) is 5.89 Å². The van der Waals surface area contributed by atoms with Crippen LogP contribution in [0.5, 0.6) is 5.75 Å². The Kier molecular flexibility index (Phi) is 3.20. The predicted octanol–water partition coefficient (Wildman–Crippen LogP) is 2.63. The predicted molar refractivity (Wildman–Crippen MR) is 70.3 cm³/mol. The topological polar surface area (TPSA) is 74.2 Å². The van der Waals surface area contributed by atoms with Gasteiger partial charge >= 0.3 is 0 Å². The summed E-state index contributed by atoms with van der Waals surface area (Å²) in [5.41, 5.74) is 1.63. The molecule has 6 nitrogen and oxygen atoms in total. The normalized spacial score (nSPS) is 10.7. The van der Waals surface area contributed by atoms with Crippen LogP contribution >= 0.6 is 0 Å². The summed E-state index contributed by atoms with van der Waals surface area (Å²) >= 11 is 0. The van der Waals surface area contributed by atoms with E-state index in [1.807, 2.05) is 24.3 Å². The van der Waals surface area contributed by atoms with E-state index in [0.717, 1.165) is 11.3 Å². The maximum atomic E-state index is 5.17. The average molecular weight is 271 g/mol. The molecule has 1 aromatic carbocycles. The van der Waals surface area contributed by atoms with E-state index in [9.17, 15) is 0 Å². The molecule has 0 aliphatic heterocycles. The van der Waals surface area contributed by atoms with Crippen LogP contribution in [-0.4, -0.2) is 22.2 Å². The summed E-state index contributed by atoms with van der Waals surface area (Å²) in [6, 6.07) is 7.73. The van der Waals surface area contributed by atoms with Crippen molar-refractivity contribution in [2.75, 3.05) is 7.11 Å². The van der Waals surface area contributed by atoms with Crippen LogP contribution in [0.15, 0.2) is 39.5 Å². The number of nitrogens with zero attached hydrogens (tertiary/aromatic N) is 3. The van der Waals surface area contributed by atoms with Gasteiger partial charge in [0.2, 0.25) is 0 Å². The van der Waals surface area contributed by atoms with E-state index >= 15 is 0 Å². The number of aryl methyl sites for hydroxylation is 1. The third-order valence-corrected chi connectivity index (χ3v) is 2.83. The molecule has 0 atom stereocenters. The van der Waals surface area contributed by atoms with Crippen LogP contribution in [0.1, 0.15) is 17.3 Å². The van der Waals surface area contributed by atoms with Crippen molar-refractivity contribution in [3.63, 3.8) is 0 Å². The Hall–Kier alpha value is -2.63. The van der Waals surface area contributed by atoms with Crippen molar-refractivity contribution < 1.29 is 13.7 Å². The SMILES string of the molecule is COc1ccc(Cc2noc(-c3coc(C)n3)n2)cc1. The van der Waals surface area contributed by atoms with E-state index < -0.39 is 0 Å². The van der Waals surface area contributed by atoms with Gasteiger partial charge in [0.15, 0.2) is 17.4 Å². The van der Waals surface area contributed by atoms with Gasteiger partial charge in [0, 0.05) is 13.3 Å². The van der Waals surface area contributed by atoms with Crippen LogP contribution < -0.4 is 4.74 Å². The lowest BCUT2D eigenvalue weighted by Gasteiger charge is -2.00. The van der Waals surface area contributed by atoms with E-state index in [1.165, 1.54) is 6.26 Å². The van der Waals surface area contributed by atoms with Crippen LogP contribution in [0.25, 0.3) is 11.6 Å². The molecule has 0 radical (unpaired) electrons. The first-order valence-corrected chi connectivity index (χ1v) is 6.12. The van der Waals surface area contributed by atoms with Crippen molar-refractivity contribution in [3.8, 4) is 17.3 Å². The molecule has 0 fully saturated rings. The monoisotopic (exact) mass is 271 g/mol. The molecular formula is C14H13N3O3. The first-order valence-electron chi connectivity index (χ1n) is 6.12. The molecule has 102 valence electrons. The summed E-state index contributed by atoms with van der Waals surface area (Å²) in [6.45, 7) is 1.76. The molecule has 20 heavy (non-hydrogen) atoms. The second-order valence-corrected chi connectivity index (χ2v) is 4.29. The van der Waals surface area contributed by atoms with Crippen molar-refractivity contribution in [2.24, 2.45) is 0 Å².